The van der Waals surface area contributed by atoms with Crippen molar-refractivity contribution < 1.29 is 28.7 Å². The Labute approximate surface area is 241 Å². The van der Waals surface area contributed by atoms with E-state index in [4.69, 9.17) is 20.7 Å². The number of ether oxygens (including phenoxy) is 2. The predicted molar refractivity (Wildman–Crippen MR) is 156 cm³/mol. The number of carbonyl (C=O) groups excluding carboxylic acids is 3. The molecule has 6 atom stereocenters. The van der Waals surface area contributed by atoms with Crippen LogP contribution in [0.3, 0.4) is 0 Å². The number of rotatable bonds is 15. The number of unbranched alkanes of at least 4 members (excludes halogenated alkanes) is 1. The minimum Gasteiger partial charge on any atom is -0.465 e. The van der Waals surface area contributed by atoms with Crippen molar-refractivity contribution in [3.05, 3.63) is 35.9 Å². The zero-order valence-electron chi connectivity index (χ0n) is 25.5. The van der Waals surface area contributed by atoms with E-state index in [1.165, 1.54) is 0 Å². The second-order valence-corrected chi connectivity index (χ2v) is 11.6. The number of benzene rings is 1. The first kappa shape index (κ1) is 33.5. The van der Waals surface area contributed by atoms with Crippen LogP contribution in [0.2, 0.25) is 0 Å². The third-order valence-corrected chi connectivity index (χ3v) is 8.78. The molecule has 0 spiro atoms. The van der Waals surface area contributed by atoms with E-state index in [1.54, 1.807) is 0 Å². The van der Waals surface area contributed by atoms with Crippen LogP contribution in [-0.2, 0) is 28.7 Å². The van der Waals surface area contributed by atoms with E-state index in [-0.39, 0.29) is 36.6 Å². The van der Waals surface area contributed by atoms with Gasteiger partial charge < -0.3 is 9.47 Å². The molecule has 6 unspecified atom stereocenters. The van der Waals surface area contributed by atoms with Crippen molar-refractivity contribution in [2.24, 2.45) is 11.8 Å². The number of piperidine rings is 1. The molecule has 222 valence electrons. The second-order valence-electron chi connectivity index (χ2n) is 11.6. The van der Waals surface area contributed by atoms with Gasteiger partial charge in [-0.15, -0.1) is 6.42 Å². The van der Waals surface area contributed by atoms with Crippen LogP contribution in [0.1, 0.15) is 105 Å². The van der Waals surface area contributed by atoms with E-state index in [0.717, 1.165) is 18.4 Å². The van der Waals surface area contributed by atoms with Crippen molar-refractivity contribution in [2.45, 2.75) is 117 Å². The number of Topliss-reactive ketones (excluding diaryl/α,β-unsaturated/α-hetero) is 1. The summed E-state index contributed by atoms with van der Waals surface area (Å²) in [4.78, 5) is 46.4. The van der Waals surface area contributed by atoms with Gasteiger partial charge in [-0.25, -0.2) is 4.79 Å². The van der Waals surface area contributed by atoms with Gasteiger partial charge in [0.25, 0.3) is 0 Å². The van der Waals surface area contributed by atoms with E-state index < -0.39 is 29.1 Å². The lowest BCUT2D eigenvalue weighted by atomic mass is 9.70. The highest BCUT2D eigenvalue weighted by Crippen LogP contribution is 2.45. The summed E-state index contributed by atoms with van der Waals surface area (Å²) in [7, 11) is 0. The maximum absolute atomic E-state index is 13.4. The largest absolute Gasteiger partial charge is 0.465 e. The third-order valence-electron chi connectivity index (χ3n) is 8.78. The number of hydroxylamine groups is 2. The molecule has 0 aliphatic carbocycles. The normalized spacial score (nSPS) is 25.4. The Morgan fingerprint density at radius 2 is 1.75 bits per heavy atom. The van der Waals surface area contributed by atoms with Crippen molar-refractivity contribution in [1.82, 2.24) is 5.06 Å². The number of terminal acetylenes is 1. The third kappa shape index (κ3) is 8.17. The number of carbonyl (C=O) groups is 3. The Bertz CT molecular complexity index is 1020. The van der Waals surface area contributed by atoms with Gasteiger partial charge in [-0.3, -0.25) is 14.4 Å². The molecule has 1 aromatic rings. The lowest BCUT2D eigenvalue weighted by molar-refractivity contribution is -0.315. The number of hydrogen-bond acceptors (Lipinski definition) is 7. The van der Waals surface area contributed by atoms with Crippen LogP contribution < -0.4 is 0 Å². The number of esters is 2. The lowest BCUT2D eigenvalue weighted by Gasteiger charge is -2.56. The quantitative estimate of drug-likeness (QED) is 0.144. The van der Waals surface area contributed by atoms with E-state index in [1.807, 2.05) is 76.9 Å². The van der Waals surface area contributed by atoms with E-state index >= 15 is 0 Å². The summed E-state index contributed by atoms with van der Waals surface area (Å²) < 4.78 is 11.0. The summed E-state index contributed by atoms with van der Waals surface area (Å²) >= 11 is 0. The minimum absolute atomic E-state index is 0.0433. The summed E-state index contributed by atoms with van der Waals surface area (Å²) in [6, 6.07) is 9.96. The van der Waals surface area contributed by atoms with Gasteiger partial charge in [0.05, 0.1) is 23.6 Å². The van der Waals surface area contributed by atoms with Crippen molar-refractivity contribution in [3.63, 3.8) is 0 Å². The van der Waals surface area contributed by atoms with Gasteiger partial charge in [-0.2, -0.15) is 5.06 Å². The molecule has 1 aliphatic heterocycles. The van der Waals surface area contributed by atoms with Crippen LogP contribution in [-0.4, -0.2) is 53.2 Å². The molecule has 1 saturated heterocycles. The molecule has 0 saturated carbocycles. The summed E-state index contributed by atoms with van der Waals surface area (Å²) in [6.45, 7) is 14.2. The molecule has 0 amide bonds. The van der Waals surface area contributed by atoms with Gasteiger partial charge in [-0.05, 0) is 57.4 Å². The van der Waals surface area contributed by atoms with E-state index in [0.29, 0.717) is 32.3 Å². The first-order valence-electron chi connectivity index (χ1n) is 14.8. The first-order chi connectivity index (χ1) is 19.0. The fourth-order valence-corrected chi connectivity index (χ4v) is 5.55. The highest BCUT2D eigenvalue weighted by Gasteiger charge is 2.55. The zero-order valence-corrected chi connectivity index (χ0v) is 25.5. The molecule has 0 radical (unpaired) electrons. The molecular formula is C33H49NO6. The molecule has 0 aromatic heterocycles. The molecule has 1 aliphatic rings. The van der Waals surface area contributed by atoms with Gasteiger partial charge >= 0.3 is 11.9 Å². The zero-order chi connectivity index (χ0) is 29.9. The Balaban J connectivity index is 2.46. The highest BCUT2D eigenvalue weighted by molar-refractivity contribution is 5.84. The van der Waals surface area contributed by atoms with Crippen LogP contribution in [0.15, 0.2) is 30.3 Å². The monoisotopic (exact) mass is 555 g/mol. The molecule has 1 aromatic carbocycles. The molecular weight excluding hydrogens is 506 g/mol. The van der Waals surface area contributed by atoms with Crippen LogP contribution in [0.4, 0.5) is 0 Å². The van der Waals surface area contributed by atoms with E-state index in [2.05, 4.69) is 12.8 Å². The summed E-state index contributed by atoms with van der Waals surface area (Å²) in [5, 5.41) is 1.86. The van der Waals surface area contributed by atoms with Gasteiger partial charge in [0.1, 0.15) is 5.78 Å². The molecule has 7 nitrogen and oxygen atoms in total. The van der Waals surface area contributed by atoms with Crippen LogP contribution in [0.5, 0.6) is 0 Å². The van der Waals surface area contributed by atoms with Crippen LogP contribution >= 0.6 is 0 Å². The van der Waals surface area contributed by atoms with Gasteiger partial charge in [-0.1, -0.05) is 77.3 Å². The Kier molecular flexibility index (Phi) is 12.9. The van der Waals surface area contributed by atoms with Gasteiger partial charge in [0.2, 0.25) is 0 Å². The second kappa shape index (κ2) is 15.3. The SMILES string of the molecule is C#CCOC(=O)C(CC(CC(C)c1ccccc1)C(=O)OCCCC)ON1C(C)(CC)CC(=O)C(C)C1(C)CC. The van der Waals surface area contributed by atoms with Crippen molar-refractivity contribution in [2.75, 3.05) is 13.2 Å². The van der Waals surface area contributed by atoms with E-state index in [9.17, 15) is 14.4 Å². The molecule has 40 heavy (non-hydrogen) atoms. The molecule has 1 fully saturated rings. The van der Waals surface area contributed by atoms with Crippen LogP contribution in [0.25, 0.3) is 0 Å². The molecule has 2 rings (SSSR count). The van der Waals surface area contributed by atoms with Gasteiger partial charge in [0, 0.05) is 12.3 Å². The van der Waals surface area contributed by atoms with Crippen LogP contribution in [0, 0.1) is 24.2 Å². The first-order valence-corrected chi connectivity index (χ1v) is 14.8. The van der Waals surface area contributed by atoms with Crippen molar-refractivity contribution in [1.29, 1.82) is 0 Å². The Hall–Kier alpha value is -2.69. The Morgan fingerprint density at radius 3 is 2.33 bits per heavy atom. The number of ketones is 1. The molecule has 0 N–H and O–H groups in total. The Morgan fingerprint density at radius 1 is 1.07 bits per heavy atom. The highest BCUT2D eigenvalue weighted by atomic mass is 16.7. The number of hydrogen-bond donors (Lipinski definition) is 0. The topological polar surface area (TPSA) is 82.1 Å². The average molecular weight is 556 g/mol. The predicted octanol–water partition coefficient (Wildman–Crippen LogP) is 6.25. The molecule has 7 heteroatoms. The molecule has 0 bridgehead atoms. The maximum atomic E-state index is 13.4. The summed E-state index contributed by atoms with van der Waals surface area (Å²) in [5.41, 5.74) is -0.186. The summed E-state index contributed by atoms with van der Waals surface area (Å²) in [6.07, 6.45) is 8.08. The molecule has 1 heterocycles. The standard InChI is InChI=1S/C33H49NO6/c1-9-13-20-39-30(36)27(21-24(5)26-17-15-14-16-18-26)22-29(31(37)38-19-10-2)40-34-32(7,11-3)23-28(35)25(6)33(34,8)12-4/h2,14-18,24-25,27,29H,9,11-13,19-23H2,1,3-8H3. The average Bonchev–Trinajstić information content (AvgIpc) is 2.96. The summed E-state index contributed by atoms with van der Waals surface area (Å²) in [5.74, 6) is 0.669. The van der Waals surface area contributed by atoms with Crippen molar-refractivity contribution >= 4 is 17.7 Å². The fraction of sp³-hybridized carbons (Fsp3) is 0.667. The minimum atomic E-state index is -1.10. The van der Waals surface area contributed by atoms with Gasteiger partial charge in [0.15, 0.2) is 12.7 Å². The smallest absolute Gasteiger partial charge is 0.338 e. The number of nitrogens with zero attached hydrogens (tertiary/aromatic N) is 1. The lowest BCUT2D eigenvalue weighted by Crippen LogP contribution is -2.67. The van der Waals surface area contributed by atoms with Crippen molar-refractivity contribution in [3.8, 4) is 12.3 Å². The maximum Gasteiger partial charge on any atom is 0.338 e. The fourth-order valence-electron chi connectivity index (χ4n) is 5.55.